The average Bonchev–Trinajstić information content (AvgIpc) is 3.42. The van der Waals surface area contributed by atoms with Gasteiger partial charge >= 0.3 is 0 Å². The van der Waals surface area contributed by atoms with Gasteiger partial charge in [-0.1, -0.05) is 30.4 Å². The van der Waals surface area contributed by atoms with Crippen LogP contribution in [0.25, 0.3) is 0 Å². The first-order chi connectivity index (χ1) is 14.5. The third-order valence-corrected chi connectivity index (χ3v) is 6.25. The van der Waals surface area contributed by atoms with Gasteiger partial charge in [-0.15, -0.1) is 0 Å². The fraction of sp³-hybridized carbons (Fsp3) is 0.217. The number of carboxylic acids is 1. The molecule has 4 atom stereocenters. The number of aromatic carboxylic acids is 1. The third-order valence-electron chi connectivity index (χ3n) is 6.25. The van der Waals surface area contributed by atoms with Crippen molar-refractivity contribution in [3.8, 4) is 0 Å². The molecule has 1 saturated heterocycles. The number of imide groups is 1. The van der Waals surface area contributed by atoms with Crippen LogP contribution >= 0.6 is 0 Å². The van der Waals surface area contributed by atoms with E-state index in [1.165, 1.54) is 35.2 Å². The van der Waals surface area contributed by atoms with Gasteiger partial charge in [-0.2, -0.15) is 0 Å². The summed E-state index contributed by atoms with van der Waals surface area (Å²) in [6.45, 7) is 0. The molecule has 1 N–H and O–H groups in total. The maximum absolute atomic E-state index is 12.9. The molecule has 30 heavy (non-hydrogen) atoms. The highest BCUT2D eigenvalue weighted by atomic mass is 16.4. The van der Waals surface area contributed by atoms with Gasteiger partial charge in [0.2, 0.25) is 11.8 Å². The predicted octanol–water partition coefficient (Wildman–Crippen LogP) is 1.61. The SMILES string of the molecule is O=C(Nc1ccccc1C(=O)[O-])c1ccc(N2C(=O)[C@@H]3[C@H](C2=O)[C@@H]2C=C[C@@H]3C2)cc1. The molecule has 1 heterocycles. The number of allylic oxidation sites excluding steroid dienone is 2. The molecule has 5 rings (SSSR count). The molecular weight excluding hydrogens is 384 g/mol. The molecule has 2 aromatic rings. The maximum Gasteiger partial charge on any atom is 0.255 e. The zero-order chi connectivity index (χ0) is 21.0. The Hall–Kier alpha value is -3.74. The van der Waals surface area contributed by atoms with Gasteiger partial charge in [0.05, 0.1) is 29.2 Å². The number of amides is 3. The highest BCUT2D eigenvalue weighted by Crippen LogP contribution is 2.53. The van der Waals surface area contributed by atoms with Crippen molar-refractivity contribution in [3.63, 3.8) is 0 Å². The summed E-state index contributed by atoms with van der Waals surface area (Å²) in [6, 6.07) is 12.1. The zero-order valence-electron chi connectivity index (χ0n) is 15.8. The lowest BCUT2D eigenvalue weighted by molar-refractivity contribution is -0.254. The summed E-state index contributed by atoms with van der Waals surface area (Å²) < 4.78 is 0. The highest BCUT2D eigenvalue weighted by molar-refractivity contribution is 6.23. The van der Waals surface area contributed by atoms with Crippen LogP contribution in [0.1, 0.15) is 27.1 Å². The fourth-order valence-corrected chi connectivity index (χ4v) is 4.88. The van der Waals surface area contributed by atoms with Crippen LogP contribution < -0.4 is 15.3 Å². The van der Waals surface area contributed by atoms with Crippen LogP contribution in [0.5, 0.6) is 0 Å². The smallest absolute Gasteiger partial charge is 0.255 e. The lowest BCUT2D eigenvalue weighted by Gasteiger charge is -2.17. The van der Waals surface area contributed by atoms with Crippen molar-refractivity contribution in [2.45, 2.75) is 6.42 Å². The molecule has 1 saturated carbocycles. The predicted molar refractivity (Wildman–Crippen MR) is 105 cm³/mol. The number of nitrogens with zero attached hydrogens (tertiary/aromatic N) is 1. The van der Waals surface area contributed by atoms with E-state index in [1.807, 2.05) is 12.2 Å². The monoisotopic (exact) mass is 401 g/mol. The quantitative estimate of drug-likeness (QED) is 0.619. The highest BCUT2D eigenvalue weighted by Gasteiger charge is 2.59. The molecule has 7 heteroatoms. The normalized spacial score (nSPS) is 26.2. The minimum Gasteiger partial charge on any atom is -0.545 e. The van der Waals surface area contributed by atoms with Gasteiger partial charge in [-0.3, -0.25) is 19.3 Å². The Morgan fingerprint density at radius 1 is 0.900 bits per heavy atom. The van der Waals surface area contributed by atoms with Gasteiger partial charge in [-0.25, -0.2) is 0 Å². The second-order valence-corrected chi connectivity index (χ2v) is 7.85. The molecule has 0 aromatic heterocycles. The first-order valence-corrected chi connectivity index (χ1v) is 9.73. The number of nitrogens with one attached hydrogen (secondary N) is 1. The summed E-state index contributed by atoms with van der Waals surface area (Å²) in [5, 5.41) is 13.7. The standard InChI is InChI=1S/C23H18N2O5/c26-20(24-17-4-2-1-3-16(17)23(29)30)12-7-9-15(10-8-12)25-21(27)18-13-5-6-14(11-13)19(18)22(25)28/h1-10,13-14,18-19H,11H2,(H,24,26)(H,29,30)/p-1/t13-,14-,18-,19+/m1/s1. The van der Waals surface area contributed by atoms with Crippen LogP contribution in [0.3, 0.4) is 0 Å². The molecule has 7 nitrogen and oxygen atoms in total. The molecule has 150 valence electrons. The van der Waals surface area contributed by atoms with E-state index < -0.39 is 11.9 Å². The van der Waals surface area contributed by atoms with E-state index >= 15 is 0 Å². The van der Waals surface area contributed by atoms with Gasteiger partial charge in [0.25, 0.3) is 5.91 Å². The van der Waals surface area contributed by atoms with Crippen LogP contribution in [0.4, 0.5) is 11.4 Å². The van der Waals surface area contributed by atoms with E-state index in [2.05, 4.69) is 5.32 Å². The number of rotatable bonds is 4. The molecule has 2 aromatic carbocycles. The number of carboxylic acid groups (broad SMARTS) is 1. The van der Waals surface area contributed by atoms with Crippen molar-refractivity contribution < 1.29 is 24.3 Å². The topological polar surface area (TPSA) is 107 Å². The van der Waals surface area contributed by atoms with E-state index in [0.29, 0.717) is 5.69 Å². The largest absolute Gasteiger partial charge is 0.545 e. The number of hydrogen-bond donors (Lipinski definition) is 1. The van der Waals surface area contributed by atoms with Crippen molar-refractivity contribution in [1.82, 2.24) is 0 Å². The van der Waals surface area contributed by atoms with Gasteiger partial charge in [0.1, 0.15) is 0 Å². The van der Waals surface area contributed by atoms with Crippen LogP contribution in [-0.4, -0.2) is 23.7 Å². The van der Waals surface area contributed by atoms with Crippen LogP contribution in [0.15, 0.2) is 60.7 Å². The fourth-order valence-electron chi connectivity index (χ4n) is 4.88. The number of carbonyl (C=O) groups excluding carboxylic acids is 4. The minimum absolute atomic E-state index is 0.120. The van der Waals surface area contributed by atoms with E-state index in [4.69, 9.17) is 0 Å². The Balaban J connectivity index is 1.35. The second-order valence-electron chi connectivity index (χ2n) is 7.85. The van der Waals surface area contributed by atoms with Crippen LogP contribution in [0, 0.1) is 23.7 Å². The number of para-hydroxylation sites is 1. The van der Waals surface area contributed by atoms with E-state index in [1.54, 1.807) is 18.2 Å². The van der Waals surface area contributed by atoms with E-state index in [9.17, 15) is 24.3 Å². The molecule has 0 radical (unpaired) electrons. The minimum atomic E-state index is -1.39. The van der Waals surface area contributed by atoms with E-state index in [-0.39, 0.29) is 52.3 Å². The van der Waals surface area contributed by atoms with Crippen molar-refractivity contribution in [3.05, 3.63) is 71.8 Å². The van der Waals surface area contributed by atoms with Crippen LogP contribution in [0.2, 0.25) is 0 Å². The Bertz CT molecular complexity index is 1090. The number of benzene rings is 2. The number of carbonyl (C=O) groups is 4. The zero-order valence-corrected chi connectivity index (χ0v) is 15.8. The van der Waals surface area contributed by atoms with Crippen molar-refractivity contribution >= 4 is 35.1 Å². The first-order valence-electron chi connectivity index (χ1n) is 9.73. The first kappa shape index (κ1) is 18.3. The van der Waals surface area contributed by atoms with Crippen molar-refractivity contribution in [1.29, 1.82) is 0 Å². The number of anilines is 2. The van der Waals surface area contributed by atoms with Crippen molar-refractivity contribution in [2.24, 2.45) is 23.7 Å². The lowest BCUT2D eigenvalue weighted by atomic mass is 9.85. The molecule has 2 fully saturated rings. The third kappa shape index (κ3) is 2.66. The van der Waals surface area contributed by atoms with Crippen molar-refractivity contribution in [2.75, 3.05) is 10.2 Å². The maximum atomic E-state index is 12.9. The summed E-state index contributed by atoms with van der Waals surface area (Å²) in [4.78, 5) is 50.7. The van der Waals surface area contributed by atoms with Gasteiger partial charge in [0, 0.05) is 11.1 Å². The molecule has 1 aliphatic heterocycles. The van der Waals surface area contributed by atoms with Gasteiger partial charge in [0.15, 0.2) is 0 Å². The summed E-state index contributed by atoms with van der Waals surface area (Å²) >= 11 is 0. The summed E-state index contributed by atoms with van der Waals surface area (Å²) in [5.41, 5.74) is 0.719. The number of fused-ring (bicyclic) bond motifs is 5. The van der Waals surface area contributed by atoms with Gasteiger partial charge < -0.3 is 15.2 Å². The lowest BCUT2D eigenvalue weighted by Crippen LogP contribution is -2.32. The van der Waals surface area contributed by atoms with E-state index in [0.717, 1.165) is 6.42 Å². The molecule has 2 bridgehead atoms. The Labute approximate surface area is 172 Å². The molecular formula is C23H17N2O5-. The summed E-state index contributed by atoms with van der Waals surface area (Å²) in [7, 11) is 0. The average molecular weight is 401 g/mol. The number of hydrogen-bond acceptors (Lipinski definition) is 5. The second kappa shape index (κ2) is 6.66. The Morgan fingerprint density at radius 3 is 2.10 bits per heavy atom. The molecule has 0 unspecified atom stereocenters. The molecule has 3 amide bonds. The Kier molecular flexibility index (Phi) is 4.06. The van der Waals surface area contributed by atoms with Crippen LogP contribution in [-0.2, 0) is 9.59 Å². The summed E-state index contributed by atoms with van der Waals surface area (Å²) in [6.07, 6.45) is 4.95. The molecule has 3 aliphatic rings. The van der Waals surface area contributed by atoms with Gasteiger partial charge in [-0.05, 0) is 48.6 Å². The summed E-state index contributed by atoms with van der Waals surface area (Å²) in [5.74, 6) is -2.54. The molecule has 0 spiro atoms. The molecule has 2 aliphatic carbocycles. The Morgan fingerprint density at radius 2 is 1.50 bits per heavy atom.